The molecule has 0 radical (unpaired) electrons. The number of hydrogen-bond donors (Lipinski definition) is 3. The van der Waals surface area contributed by atoms with Crippen LogP contribution in [-0.2, 0) is 11.3 Å². The predicted molar refractivity (Wildman–Crippen MR) is 118 cm³/mol. The van der Waals surface area contributed by atoms with Gasteiger partial charge in [0.25, 0.3) is 0 Å². The molecule has 6 heteroatoms. The molecule has 1 heterocycles. The van der Waals surface area contributed by atoms with Crippen LogP contribution in [0, 0.1) is 5.92 Å². The summed E-state index contributed by atoms with van der Waals surface area (Å²) in [6.07, 6.45) is 2.29. The van der Waals surface area contributed by atoms with Gasteiger partial charge in [0.1, 0.15) is 0 Å². The van der Waals surface area contributed by atoms with Gasteiger partial charge in [-0.1, -0.05) is 26.0 Å². The van der Waals surface area contributed by atoms with E-state index in [4.69, 9.17) is 4.99 Å². The topological polar surface area (TPSA) is 68.8 Å². The first-order chi connectivity index (χ1) is 13.4. The summed E-state index contributed by atoms with van der Waals surface area (Å²) in [6.45, 7) is 14.1. The summed E-state index contributed by atoms with van der Waals surface area (Å²) in [4.78, 5) is 19.1. The van der Waals surface area contributed by atoms with Crippen molar-refractivity contribution in [3.05, 3.63) is 29.8 Å². The van der Waals surface area contributed by atoms with Crippen LogP contribution in [0.5, 0.6) is 0 Å². The molecule has 1 aromatic rings. The van der Waals surface area contributed by atoms with E-state index < -0.39 is 0 Å². The van der Waals surface area contributed by atoms with E-state index >= 15 is 0 Å². The van der Waals surface area contributed by atoms with Crippen LogP contribution in [0.2, 0.25) is 0 Å². The summed E-state index contributed by atoms with van der Waals surface area (Å²) in [5.41, 5.74) is 1.95. The number of likely N-dealkylation sites (tertiary alicyclic amines) is 1. The number of aliphatic imine (C=N–C) groups is 1. The van der Waals surface area contributed by atoms with Crippen LogP contribution >= 0.6 is 0 Å². The normalized spacial score (nSPS) is 16.5. The molecule has 0 atom stereocenters. The van der Waals surface area contributed by atoms with Crippen LogP contribution in [-0.4, -0.2) is 48.5 Å². The molecule has 0 spiro atoms. The lowest BCUT2D eigenvalue weighted by atomic mass is 10.0. The van der Waals surface area contributed by atoms with Crippen LogP contribution in [0.4, 0.5) is 5.69 Å². The van der Waals surface area contributed by atoms with E-state index in [1.807, 2.05) is 38.1 Å². The van der Waals surface area contributed by atoms with E-state index in [9.17, 15) is 4.79 Å². The Bertz CT molecular complexity index is 631. The molecule has 0 bridgehead atoms. The third kappa shape index (κ3) is 7.15. The van der Waals surface area contributed by atoms with Gasteiger partial charge in [-0.15, -0.1) is 0 Å². The van der Waals surface area contributed by atoms with Gasteiger partial charge in [-0.05, 0) is 51.3 Å². The first-order valence-electron chi connectivity index (χ1n) is 10.6. The maximum absolute atomic E-state index is 11.8. The molecule has 1 aliphatic heterocycles. The summed E-state index contributed by atoms with van der Waals surface area (Å²) in [7, 11) is 0. The predicted octanol–water partition coefficient (Wildman–Crippen LogP) is 3.21. The maximum atomic E-state index is 11.8. The smallest absolute Gasteiger partial charge is 0.226 e. The molecule has 156 valence electrons. The molecule has 0 aromatic heterocycles. The van der Waals surface area contributed by atoms with Crippen LogP contribution in [0.1, 0.15) is 53.0 Å². The van der Waals surface area contributed by atoms with Crippen molar-refractivity contribution in [1.82, 2.24) is 15.5 Å². The number of guanidine groups is 1. The van der Waals surface area contributed by atoms with Gasteiger partial charge in [-0.25, -0.2) is 4.99 Å². The molecule has 28 heavy (non-hydrogen) atoms. The van der Waals surface area contributed by atoms with Crippen molar-refractivity contribution in [2.75, 3.05) is 25.0 Å². The molecule has 1 saturated heterocycles. The molecule has 0 saturated carbocycles. The van der Waals surface area contributed by atoms with E-state index in [2.05, 4.69) is 41.6 Å². The number of carbonyl (C=O) groups is 1. The Kier molecular flexibility index (Phi) is 8.77. The van der Waals surface area contributed by atoms with E-state index in [0.717, 1.165) is 49.7 Å². The minimum absolute atomic E-state index is 0.0227. The van der Waals surface area contributed by atoms with Crippen LogP contribution in [0.3, 0.4) is 0 Å². The van der Waals surface area contributed by atoms with Crippen molar-refractivity contribution in [2.45, 2.75) is 66.1 Å². The summed E-state index contributed by atoms with van der Waals surface area (Å²) in [5, 5.41) is 9.86. The highest BCUT2D eigenvalue weighted by molar-refractivity contribution is 5.92. The van der Waals surface area contributed by atoms with Crippen molar-refractivity contribution < 1.29 is 4.79 Å². The Labute approximate surface area is 170 Å². The lowest BCUT2D eigenvalue weighted by Gasteiger charge is -2.35. The van der Waals surface area contributed by atoms with E-state index in [-0.39, 0.29) is 11.8 Å². The average Bonchev–Trinajstić information content (AvgIpc) is 2.67. The van der Waals surface area contributed by atoms with Gasteiger partial charge < -0.3 is 20.9 Å². The number of benzene rings is 1. The first kappa shape index (κ1) is 22.2. The lowest BCUT2D eigenvalue weighted by Crippen LogP contribution is -2.49. The SMILES string of the molecule is CCNC(=NCc1ccc(NC(=O)C(C)C)cc1)NC1CCN(C(C)C)CC1. The molecule has 1 amide bonds. The second kappa shape index (κ2) is 11.1. The molecule has 0 unspecified atom stereocenters. The monoisotopic (exact) mass is 387 g/mol. The van der Waals surface area contributed by atoms with Crippen LogP contribution < -0.4 is 16.0 Å². The second-order valence-electron chi connectivity index (χ2n) is 8.08. The average molecular weight is 388 g/mol. The van der Waals surface area contributed by atoms with Gasteiger partial charge in [-0.3, -0.25) is 4.79 Å². The van der Waals surface area contributed by atoms with Gasteiger partial charge in [0, 0.05) is 43.3 Å². The Morgan fingerprint density at radius 1 is 1.14 bits per heavy atom. The fourth-order valence-corrected chi connectivity index (χ4v) is 3.22. The lowest BCUT2D eigenvalue weighted by molar-refractivity contribution is -0.118. The molecule has 0 aliphatic carbocycles. The standard InChI is InChI=1S/C22H37N5O/c1-6-23-22(26-20-11-13-27(14-12-20)17(4)5)24-15-18-7-9-19(10-8-18)25-21(28)16(2)3/h7-10,16-17,20H,6,11-15H2,1-5H3,(H,25,28)(H2,23,24,26). The van der Waals surface area contributed by atoms with Crippen LogP contribution in [0.15, 0.2) is 29.3 Å². The maximum Gasteiger partial charge on any atom is 0.226 e. The number of piperidine rings is 1. The zero-order valence-electron chi connectivity index (χ0n) is 18.1. The number of carbonyl (C=O) groups excluding carboxylic acids is 1. The van der Waals surface area contributed by atoms with Crippen molar-refractivity contribution in [3.8, 4) is 0 Å². The number of anilines is 1. The van der Waals surface area contributed by atoms with Gasteiger partial charge in [0.05, 0.1) is 6.54 Å². The largest absolute Gasteiger partial charge is 0.357 e. The highest BCUT2D eigenvalue weighted by Crippen LogP contribution is 2.14. The van der Waals surface area contributed by atoms with Crippen molar-refractivity contribution >= 4 is 17.6 Å². The third-order valence-electron chi connectivity index (χ3n) is 5.11. The Morgan fingerprint density at radius 3 is 2.32 bits per heavy atom. The Hall–Kier alpha value is -2.08. The minimum atomic E-state index is -0.0227. The molecular weight excluding hydrogens is 350 g/mol. The van der Waals surface area contributed by atoms with E-state index in [0.29, 0.717) is 18.6 Å². The Balaban J connectivity index is 1.89. The van der Waals surface area contributed by atoms with Crippen LogP contribution in [0.25, 0.3) is 0 Å². The minimum Gasteiger partial charge on any atom is -0.357 e. The number of amides is 1. The van der Waals surface area contributed by atoms with Crippen molar-refractivity contribution in [2.24, 2.45) is 10.9 Å². The number of nitrogens with one attached hydrogen (secondary N) is 3. The summed E-state index contributed by atoms with van der Waals surface area (Å²) < 4.78 is 0. The molecule has 1 fully saturated rings. The molecule has 1 aromatic carbocycles. The summed E-state index contributed by atoms with van der Waals surface area (Å²) >= 11 is 0. The van der Waals surface area contributed by atoms with Gasteiger partial charge in [0.15, 0.2) is 5.96 Å². The van der Waals surface area contributed by atoms with E-state index in [1.165, 1.54) is 0 Å². The van der Waals surface area contributed by atoms with Gasteiger partial charge in [-0.2, -0.15) is 0 Å². The molecule has 6 nitrogen and oxygen atoms in total. The third-order valence-corrected chi connectivity index (χ3v) is 5.11. The fourth-order valence-electron chi connectivity index (χ4n) is 3.22. The van der Waals surface area contributed by atoms with Crippen molar-refractivity contribution in [1.29, 1.82) is 0 Å². The molecule has 1 aliphatic rings. The second-order valence-corrected chi connectivity index (χ2v) is 8.08. The first-order valence-corrected chi connectivity index (χ1v) is 10.6. The molecule has 3 N–H and O–H groups in total. The zero-order valence-corrected chi connectivity index (χ0v) is 18.1. The van der Waals surface area contributed by atoms with Gasteiger partial charge in [0.2, 0.25) is 5.91 Å². The summed E-state index contributed by atoms with van der Waals surface area (Å²) in [5.74, 6) is 0.890. The molecule has 2 rings (SSSR count). The highest BCUT2D eigenvalue weighted by atomic mass is 16.1. The highest BCUT2D eigenvalue weighted by Gasteiger charge is 2.21. The van der Waals surface area contributed by atoms with Crippen molar-refractivity contribution in [3.63, 3.8) is 0 Å². The molecular formula is C22H37N5O. The van der Waals surface area contributed by atoms with Gasteiger partial charge >= 0.3 is 0 Å². The number of nitrogens with zero attached hydrogens (tertiary/aromatic N) is 2. The van der Waals surface area contributed by atoms with E-state index in [1.54, 1.807) is 0 Å². The fraction of sp³-hybridized carbons (Fsp3) is 0.636. The Morgan fingerprint density at radius 2 is 1.79 bits per heavy atom. The summed E-state index contributed by atoms with van der Waals surface area (Å²) in [6, 6.07) is 9.01. The number of rotatable bonds is 7. The zero-order chi connectivity index (χ0) is 20.5. The number of hydrogen-bond acceptors (Lipinski definition) is 3. The quantitative estimate of drug-likeness (QED) is 0.496.